The first-order valence-electron chi connectivity index (χ1n) is 5.89. The van der Waals surface area contributed by atoms with E-state index in [2.05, 4.69) is 11.8 Å². The fraction of sp³-hybridized carbons (Fsp3) is 0.917. The van der Waals surface area contributed by atoms with Gasteiger partial charge in [0.25, 0.3) is 0 Å². The number of ether oxygens (including phenoxy) is 1. The van der Waals surface area contributed by atoms with Crippen molar-refractivity contribution >= 4 is 5.78 Å². The smallest absolute Gasteiger partial charge is 0.170 e. The van der Waals surface area contributed by atoms with E-state index in [-0.39, 0.29) is 11.7 Å². The molecule has 0 saturated carbocycles. The van der Waals surface area contributed by atoms with Crippen molar-refractivity contribution in [3.63, 3.8) is 0 Å². The number of likely N-dealkylation sites (tertiary alicyclic amines) is 1. The average Bonchev–Trinajstić information content (AvgIpc) is 2.66. The van der Waals surface area contributed by atoms with Gasteiger partial charge in [0.2, 0.25) is 0 Å². The zero-order valence-electron chi connectivity index (χ0n) is 9.95. The molecule has 0 aromatic rings. The van der Waals surface area contributed by atoms with Crippen LogP contribution in [-0.2, 0) is 9.53 Å². The molecule has 0 aromatic heterocycles. The van der Waals surface area contributed by atoms with E-state index in [0.717, 1.165) is 25.6 Å². The maximum atomic E-state index is 11.9. The Balaban J connectivity index is 1.89. The summed E-state index contributed by atoms with van der Waals surface area (Å²) in [4.78, 5) is 14.3. The van der Waals surface area contributed by atoms with E-state index >= 15 is 0 Å². The summed E-state index contributed by atoms with van der Waals surface area (Å²) >= 11 is 0. The minimum Gasteiger partial charge on any atom is -0.367 e. The summed E-state index contributed by atoms with van der Waals surface area (Å²) in [5, 5.41) is 0. The molecule has 2 aliphatic rings. The Morgan fingerprint density at radius 1 is 1.53 bits per heavy atom. The Hall–Kier alpha value is -0.410. The lowest BCUT2D eigenvalue weighted by molar-refractivity contribution is -0.130. The minimum atomic E-state index is -0.546. The third-order valence-electron chi connectivity index (χ3n) is 3.60. The average molecular weight is 211 g/mol. The van der Waals surface area contributed by atoms with Crippen LogP contribution < -0.4 is 0 Å². The van der Waals surface area contributed by atoms with Gasteiger partial charge in [-0.15, -0.1) is 0 Å². The van der Waals surface area contributed by atoms with Crippen LogP contribution in [0.2, 0.25) is 0 Å². The largest absolute Gasteiger partial charge is 0.367 e. The van der Waals surface area contributed by atoms with E-state index < -0.39 is 5.60 Å². The van der Waals surface area contributed by atoms with Crippen molar-refractivity contribution in [2.45, 2.75) is 32.8 Å². The molecule has 2 rings (SSSR count). The molecule has 2 heterocycles. The molecule has 0 spiro atoms. The monoisotopic (exact) mass is 211 g/mol. The molecule has 15 heavy (non-hydrogen) atoms. The van der Waals surface area contributed by atoms with Crippen LogP contribution in [0.25, 0.3) is 0 Å². The molecule has 2 unspecified atom stereocenters. The highest BCUT2D eigenvalue weighted by Crippen LogP contribution is 2.27. The highest BCUT2D eigenvalue weighted by atomic mass is 16.5. The number of nitrogens with zero attached hydrogens (tertiary/aromatic N) is 1. The summed E-state index contributed by atoms with van der Waals surface area (Å²) in [5.41, 5.74) is -0.546. The predicted molar refractivity (Wildman–Crippen MR) is 58.7 cm³/mol. The van der Waals surface area contributed by atoms with Gasteiger partial charge in [-0.05, 0) is 32.7 Å². The van der Waals surface area contributed by atoms with Crippen molar-refractivity contribution in [2.24, 2.45) is 11.8 Å². The zero-order chi connectivity index (χ0) is 11.1. The lowest BCUT2D eigenvalue weighted by Gasteiger charge is -2.19. The summed E-state index contributed by atoms with van der Waals surface area (Å²) in [7, 11) is 0. The summed E-state index contributed by atoms with van der Waals surface area (Å²) in [6, 6.07) is 0. The highest BCUT2D eigenvalue weighted by molar-refractivity contribution is 5.90. The van der Waals surface area contributed by atoms with E-state index in [1.165, 1.54) is 6.42 Å². The number of rotatable bonds is 2. The molecule has 86 valence electrons. The van der Waals surface area contributed by atoms with Crippen molar-refractivity contribution in [3.8, 4) is 0 Å². The van der Waals surface area contributed by atoms with Crippen LogP contribution in [0, 0.1) is 11.8 Å². The van der Waals surface area contributed by atoms with Gasteiger partial charge >= 0.3 is 0 Å². The van der Waals surface area contributed by atoms with E-state index in [1.54, 1.807) is 0 Å². The number of carbonyl (C=O) groups excluding carboxylic acids is 1. The minimum absolute atomic E-state index is 0.102. The molecule has 0 radical (unpaired) electrons. The van der Waals surface area contributed by atoms with E-state index in [4.69, 9.17) is 4.74 Å². The third-order valence-corrected chi connectivity index (χ3v) is 3.60. The van der Waals surface area contributed by atoms with Crippen molar-refractivity contribution in [3.05, 3.63) is 0 Å². The first-order valence-corrected chi connectivity index (χ1v) is 5.89. The lowest BCUT2D eigenvalue weighted by Crippen LogP contribution is -2.35. The molecular weight excluding hydrogens is 190 g/mol. The first kappa shape index (κ1) is 11.1. The summed E-state index contributed by atoms with van der Waals surface area (Å²) in [6.07, 6.45) is 1.27. The molecule has 0 amide bonds. The molecule has 2 fully saturated rings. The van der Waals surface area contributed by atoms with E-state index in [1.807, 2.05) is 13.8 Å². The van der Waals surface area contributed by atoms with Crippen LogP contribution in [0.15, 0.2) is 0 Å². The van der Waals surface area contributed by atoms with E-state index in [9.17, 15) is 4.79 Å². The van der Waals surface area contributed by atoms with Gasteiger partial charge in [0.05, 0.1) is 12.5 Å². The van der Waals surface area contributed by atoms with Gasteiger partial charge in [0.15, 0.2) is 5.78 Å². The van der Waals surface area contributed by atoms with Gasteiger partial charge in [-0.2, -0.15) is 0 Å². The maximum Gasteiger partial charge on any atom is 0.170 e. The van der Waals surface area contributed by atoms with Crippen LogP contribution in [0.1, 0.15) is 27.2 Å². The third kappa shape index (κ3) is 2.23. The second kappa shape index (κ2) is 3.87. The number of hydrogen-bond donors (Lipinski definition) is 0. The summed E-state index contributed by atoms with van der Waals surface area (Å²) < 4.78 is 5.53. The fourth-order valence-electron chi connectivity index (χ4n) is 2.59. The van der Waals surface area contributed by atoms with Crippen LogP contribution in [0.5, 0.6) is 0 Å². The van der Waals surface area contributed by atoms with Gasteiger partial charge in [0, 0.05) is 13.1 Å². The number of hydrogen-bond acceptors (Lipinski definition) is 3. The quantitative estimate of drug-likeness (QED) is 0.690. The standard InChI is InChI=1S/C12H21NO2/c1-9-4-5-13(6-9)7-10-8-15-12(2,3)11(10)14/h9-10H,4-8H2,1-3H3. The molecule has 2 aliphatic heterocycles. The topological polar surface area (TPSA) is 29.5 Å². The molecule has 3 heteroatoms. The van der Waals surface area contributed by atoms with Gasteiger partial charge in [-0.1, -0.05) is 6.92 Å². The second-order valence-corrected chi connectivity index (χ2v) is 5.54. The van der Waals surface area contributed by atoms with Gasteiger partial charge in [-0.3, -0.25) is 4.79 Å². The molecular formula is C12H21NO2. The molecule has 0 aromatic carbocycles. The molecule has 0 bridgehead atoms. The Kier molecular flexibility index (Phi) is 2.86. The number of carbonyl (C=O) groups is 1. The normalized spacial score (nSPS) is 36.3. The molecule has 3 nitrogen and oxygen atoms in total. The van der Waals surface area contributed by atoms with Crippen LogP contribution >= 0.6 is 0 Å². The predicted octanol–water partition coefficient (Wildman–Crippen LogP) is 1.32. The Morgan fingerprint density at radius 3 is 2.73 bits per heavy atom. The van der Waals surface area contributed by atoms with E-state index in [0.29, 0.717) is 6.61 Å². The van der Waals surface area contributed by atoms with Crippen molar-refractivity contribution in [1.82, 2.24) is 4.90 Å². The van der Waals surface area contributed by atoms with Crippen LogP contribution in [0.4, 0.5) is 0 Å². The molecule has 0 aliphatic carbocycles. The van der Waals surface area contributed by atoms with Crippen molar-refractivity contribution in [2.75, 3.05) is 26.2 Å². The lowest BCUT2D eigenvalue weighted by atomic mass is 9.95. The second-order valence-electron chi connectivity index (χ2n) is 5.54. The number of ketones is 1. The first-order chi connectivity index (χ1) is 6.99. The maximum absolute atomic E-state index is 11.9. The Labute approximate surface area is 91.8 Å². The SMILES string of the molecule is CC1CCN(CC2COC(C)(C)C2=O)C1. The zero-order valence-corrected chi connectivity index (χ0v) is 9.95. The Morgan fingerprint density at radius 2 is 2.27 bits per heavy atom. The Bertz CT molecular complexity index is 262. The van der Waals surface area contributed by atoms with Crippen LogP contribution in [-0.4, -0.2) is 42.5 Å². The van der Waals surface area contributed by atoms with Crippen LogP contribution in [0.3, 0.4) is 0 Å². The number of Topliss-reactive ketones (excluding diaryl/α,β-unsaturated/α-hetero) is 1. The van der Waals surface area contributed by atoms with Gasteiger partial charge in [-0.25, -0.2) is 0 Å². The fourth-order valence-corrected chi connectivity index (χ4v) is 2.59. The van der Waals surface area contributed by atoms with Gasteiger partial charge < -0.3 is 9.64 Å². The highest BCUT2D eigenvalue weighted by Gasteiger charge is 2.42. The molecule has 0 N–H and O–H groups in total. The summed E-state index contributed by atoms with van der Waals surface area (Å²) in [6.45, 7) is 9.82. The van der Waals surface area contributed by atoms with Crippen molar-refractivity contribution < 1.29 is 9.53 Å². The van der Waals surface area contributed by atoms with Crippen molar-refractivity contribution in [1.29, 1.82) is 0 Å². The molecule has 2 atom stereocenters. The summed E-state index contributed by atoms with van der Waals surface area (Å²) in [5.74, 6) is 1.17. The molecule has 2 saturated heterocycles. The van der Waals surface area contributed by atoms with Gasteiger partial charge in [0.1, 0.15) is 5.60 Å².